The van der Waals surface area contributed by atoms with Crippen LogP contribution in [0.2, 0.25) is 0 Å². The molecule has 0 saturated heterocycles. The number of halogens is 1. The van der Waals surface area contributed by atoms with Crippen LogP contribution < -0.4 is 0 Å². The van der Waals surface area contributed by atoms with Gasteiger partial charge >= 0.3 is 63.7 Å². The molecule has 0 saturated carbocycles. The molecule has 7 heavy (non-hydrogen) atoms. The second-order valence-electron chi connectivity index (χ2n) is 0.554. The standard InChI is InChI=1S/Be.ClH3O3Si.Sr.4H/c;1-5(2,3)4;;;;;/h;2-4H;;;;;/q+2;;+2;4*-1. The molecule has 3 nitrogen and oxygen atoms in total. The fourth-order valence-corrected chi connectivity index (χ4v) is 0. The molecule has 0 radical (unpaired) electrons. The topological polar surface area (TPSA) is 60.7 Å². The first kappa shape index (κ1) is 16.0. The van der Waals surface area contributed by atoms with Crippen LogP contribution in [0.1, 0.15) is 5.71 Å². The first-order chi connectivity index (χ1) is 2.00. The molecule has 0 aromatic carbocycles. The van der Waals surface area contributed by atoms with Gasteiger partial charge in [0, 0.05) is 0 Å². The largest absolute Gasteiger partial charge is 2.00 e. The Morgan fingerprint density at radius 1 is 1.29 bits per heavy atom. The Bertz CT molecular complexity index is 40.8. The predicted octanol–water partition coefficient (Wildman–Crippen LogP) is -1.67. The van der Waals surface area contributed by atoms with E-state index < -0.39 is 8.11 Å². The van der Waals surface area contributed by atoms with Crippen LogP contribution in [-0.2, 0) is 0 Å². The molecule has 7 heteroatoms. The molecule has 40 valence electrons. The Balaban J connectivity index is -0.00000000533. The van der Waals surface area contributed by atoms with E-state index in [0.29, 0.717) is 0 Å². The molecular formula is H7BeClO3SiSr. The molecule has 0 heterocycles. The minimum Gasteiger partial charge on any atom is -1.00 e. The first-order valence-corrected chi connectivity index (χ1v) is 3.71. The van der Waals surface area contributed by atoms with Gasteiger partial charge in [-0.25, -0.2) is 0 Å². The smallest absolute Gasteiger partial charge is 1.00 e. The Hall–Kier alpha value is 2.04. The molecule has 0 rings (SSSR count). The van der Waals surface area contributed by atoms with Gasteiger partial charge in [0.15, 0.2) is 0 Å². The van der Waals surface area contributed by atoms with Gasteiger partial charge in [-0.2, -0.15) is 0 Å². The van der Waals surface area contributed by atoms with Crippen LogP contribution in [0.15, 0.2) is 0 Å². The van der Waals surface area contributed by atoms with Crippen molar-refractivity contribution in [2.24, 2.45) is 0 Å². The van der Waals surface area contributed by atoms with Crippen molar-refractivity contribution in [1.82, 2.24) is 0 Å². The molecule has 0 unspecified atom stereocenters. The van der Waals surface area contributed by atoms with Gasteiger partial charge < -0.3 is 20.1 Å². The summed E-state index contributed by atoms with van der Waals surface area (Å²) in [5.41, 5.74) is 0. The number of hydrogen-bond acceptors (Lipinski definition) is 3. The van der Waals surface area contributed by atoms with Gasteiger partial charge in [0.2, 0.25) is 0 Å². The minimum absolute atomic E-state index is 0. The van der Waals surface area contributed by atoms with E-state index in [1.165, 1.54) is 0 Å². The van der Waals surface area contributed by atoms with Crippen molar-refractivity contribution in [3.63, 3.8) is 0 Å². The van der Waals surface area contributed by atoms with Crippen molar-refractivity contribution < 1.29 is 20.1 Å². The van der Waals surface area contributed by atoms with Crippen molar-refractivity contribution in [2.75, 3.05) is 0 Å². The third-order valence-electron chi connectivity index (χ3n) is 0. The van der Waals surface area contributed by atoms with E-state index in [4.69, 9.17) is 14.4 Å². The quantitative estimate of drug-likeness (QED) is 0.334. The van der Waals surface area contributed by atoms with E-state index in [1.54, 1.807) is 0 Å². The van der Waals surface area contributed by atoms with Crippen LogP contribution in [0.3, 0.4) is 0 Å². The molecule has 0 aliphatic rings. The summed E-state index contributed by atoms with van der Waals surface area (Å²) in [6.45, 7) is 0. The molecule has 0 spiro atoms. The maximum Gasteiger partial charge on any atom is 2.00 e. The van der Waals surface area contributed by atoms with Gasteiger partial charge in [-0.1, -0.05) is 11.1 Å². The van der Waals surface area contributed by atoms with Crippen molar-refractivity contribution in [3.05, 3.63) is 0 Å². The zero-order valence-corrected chi connectivity index (χ0v) is 8.87. The Kier molecular flexibility index (Phi) is 14.1. The van der Waals surface area contributed by atoms with E-state index in [0.717, 1.165) is 0 Å². The van der Waals surface area contributed by atoms with Gasteiger partial charge in [0.1, 0.15) is 0 Å². The predicted molar refractivity (Wildman–Crippen MR) is 34.2 cm³/mol. The van der Waals surface area contributed by atoms with Crippen LogP contribution >= 0.6 is 11.1 Å². The monoisotopic (exact) mass is 215 g/mol. The van der Waals surface area contributed by atoms with Gasteiger partial charge in [-0.15, -0.1) is 0 Å². The Morgan fingerprint density at radius 3 is 1.29 bits per heavy atom. The van der Waals surface area contributed by atoms with Crippen molar-refractivity contribution in [2.45, 2.75) is 0 Å². The second kappa shape index (κ2) is 6.16. The van der Waals surface area contributed by atoms with Gasteiger partial charge in [-0.3, -0.25) is 0 Å². The summed E-state index contributed by atoms with van der Waals surface area (Å²) in [5.74, 6) is 0. The second-order valence-corrected chi connectivity index (χ2v) is 3.18. The third-order valence-corrected chi connectivity index (χ3v) is 0. The fourth-order valence-electron chi connectivity index (χ4n) is 0. The summed E-state index contributed by atoms with van der Waals surface area (Å²) in [6, 6.07) is 0. The maximum absolute atomic E-state index is 7.54. The molecule has 3 N–H and O–H groups in total. The molecule has 0 atom stereocenters. The van der Waals surface area contributed by atoms with Crippen LogP contribution in [0.4, 0.5) is 0 Å². The zero-order chi connectivity index (χ0) is 4.50. The van der Waals surface area contributed by atoms with E-state index in [1.807, 2.05) is 0 Å². The zero-order valence-electron chi connectivity index (χ0n) is 7.63. The molecule has 0 fully saturated rings. The number of rotatable bonds is 0. The average Bonchev–Trinajstić information content (AvgIpc) is 0.722. The van der Waals surface area contributed by atoms with Gasteiger partial charge in [-0.05, 0) is 0 Å². The van der Waals surface area contributed by atoms with Crippen LogP contribution in [0.25, 0.3) is 0 Å². The van der Waals surface area contributed by atoms with Gasteiger partial charge in [0.05, 0.1) is 0 Å². The summed E-state index contributed by atoms with van der Waals surface area (Å²) >= 11 is 4.34. The van der Waals surface area contributed by atoms with E-state index in [9.17, 15) is 0 Å². The van der Waals surface area contributed by atoms with Crippen molar-refractivity contribution in [3.8, 4) is 0 Å². The summed E-state index contributed by atoms with van der Waals surface area (Å²) in [4.78, 5) is 22.6. The van der Waals surface area contributed by atoms with E-state index in [2.05, 4.69) is 11.1 Å². The van der Waals surface area contributed by atoms with Gasteiger partial charge in [0.25, 0.3) is 0 Å². The Labute approximate surface area is 93.8 Å². The summed E-state index contributed by atoms with van der Waals surface area (Å²) in [7, 11) is -4.14. The third kappa shape index (κ3) is 70.6. The SMILES string of the molecule is O[Si](O)(O)Cl.[Be+2].[H-].[H-].[H-].[H-].[Sr+2]. The maximum atomic E-state index is 7.54. The molecule has 0 aromatic heterocycles. The molecule has 0 amide bonds. The first-order valence-electron chi connectivity index (χ1n) is 0.860. The molecule has 0 aliphatic heterocycles. The fraction of sp³-hybridized carbons (Fsp3) is 0. The Morgan fingerprint density at radius 2 is 1.29 bits per heavy atom. The molecule has 0 aromatic rings. The molecule has 0 bridgehead atoms. The molecule has 0 aliphatic carbocycles. The summed E-state index contributed by atoms with van der Waals surface area (Å²) in [6.07, 6.45) is 0. The van der Waals surface area contributed by atoms with Crippen molar-refractivity contribution >= 4 is 74.8 Å². The normalized spacial score (nSPS) is 8.57. The van der Waals surface area contributed by atoms with Crippen LogP contribution in [-0.4, -0.2) is 78.1 Å². The summed E-state index contributed by atoms with van der Waals surface area (Å²) < 4.78 is 0. The van der Waals surface area contributed by atoms with E-state index in [-0.39, 0.29) is 61.3 Å². The van der Waals surface area contributed by atoms with Crippen LogP contribution in [0.5, 0.6) is 0 Å². The molecular weight excluding hydrogens is 208 g/mol. The average molecular weight is 215 g/mol. The van der Waals surface area contributed by atoms with Crippen molar-refractivity contribution in [1.29, 1.82) is 0 Å². The van der Waals surface area contributed by atoms with E-state index >= 15 is 0 Å². The van der Waals surface area contributed by atoms with Crippen LogP contribution in [0, 0.1) is 0 Å². The minimum atomic E-state index is -4.14. The summed E-state index contributed by atoms with van der Waals surface area (Å²) in [5, 5.41) is 0. The number of hydrogen-bond donors (Lipinski definition) is 3.